The fraction of sp³-hybridized carbons (Fsp3) is 0.357. The summed E-state index contributed by atoms with van der Waals surface area (Å²) in [7, 11) is 0. The molecular formula is C14H18N4O2. The molecule has 1 aromatic heterocycles. The predicted octanol–water partition coefficient (Wildman–Crippen LogP) is 2.98. The fourth-order valence-corrected chi connectivity index (χ4v) is 2.11. The molecule has 0 aliphatic heterocycles. The number of anilines is 1. The van der Waals surface area contributed by atoms with Crippen molar-refractivity contribution in [1.82, 2.24) is 10.2 Å². The van der Waals surface area contributed by atoms with Crippen LogP contribution >= 0.6 is 0 Å². The van der Waals surface area contributed by atoms with E-state index in [1.807, 2.05) is 26.1 Å². The van der Waals surface area contributed by atoms with Crippen molar-refractivity contribution in [2.24, 2.45) is 0 Å². The number of hydrogen-bond donors (Lipinski definition) is 2. The summed E-state index contributed by atoms with van der Waals surface area (Å²) in [4.78, 5) is 10.4. The first kappa shape index (κ1) is 14.0. The summed E-state index contributed by atoms with van der Waals surface area (Å²) < 4.78 is 0. The zero-order valence-electron chi connectivity index (χ0n) is 11.6. The fourth-order valence-electron chi connectivity index (χ4n) is 2.11. The van der Waals surface area contributed by atoms with E-state index in [4.69, 9.17) is 0 Å². The molecule has 2 rings (SSSR count). The number of non-ortho nitro benzene ring substituents is 1. The molecule has 20 heavy (non-hydrogen) atoms. The summed E-state index contributed by atoms with van der Waals surface area (Å²) in [5.74, 6) is 0. The Morgan fingerprint density at radius 1 is 1.35 bits per heavy atom. The molecule has 0 amide bonds. The lowest BCUT2D eigenvalue weighted by atomic mass is 10.1. The van der Waals surface area contributed by atoms with Gasteiger partial charge in [0, 0.05) is 30.1 Å². The van der Waals surface area contributed by atoms with Crippen LogP contribution in [0.25, 0.3) is 0 Å². The molecule has 6 nitrogen and oxygen atoms in total. The van der Waals surface area contributed by atoms with E-state index in [1.165, 1.54) is 5.56 Å². The first-order valence-corrected chi connectivity index (χ1v) is 6.55. The number of hydrogen-bond acceptors (Lipinski definition) is 4. The molecule has 0 aliphatic rings. The van der Waals surface area contributed by atoms with Crippen molar-refractivity contribution in [3.8, 4) is 0 Å². The molecule has 0 atom stereocenters. The van der Waals surface area contributed by atoms with Crippen LogP contribution in [0.4, 0.5) is 11.4 Å². The van der Waals surface area contributed by atoms with Gasteiger partial charge < -0.3 is 5.32 Å². The summed E-state index contributed by atoms with van der Waals surface area (Å²) in [6.07, 6.45) is 3.72. The Kier molecular flexibility index (Phi) is 4.34. The van der Waals surface area contributed by atoms with Crippen molar-refractivity contribution in [3.05, 3.63) is 51.3 Å². The van der Waals surface area contributed by atoms with Gasteiger partial charge in [-0.2, -0.15) is 5.10 Å². The molecular weight excluding hydrogens is 256 g/mol. The molecule has 1 aromatic carbocycles. The number of nitro benzene ring substituents is 1. The van der Waals surface area contributed by atoms with Gasteiger partial charge in [0.15, 0.2) is 0 Å². The zero-order valence-corrected chi connectivity index (χ0v) is 11.6. The van der Waals surface area contributed by atoms with Gasteiger partial charge in [-0.05, 0) is 43.9 Å². The molecule has 1 heterocycles. The second-order valence-corrected chi connectivity index (χ2v) is 4.86. The van der Waals surface area contributed by atoms with Gasteiger partial charge in [0.25, 0.3) is 5.69 Å². The number of aromatic amines is 1. The smallest absolute Gasteiger partial charge is 0.271 e. The van der Waals surface area contributed by atoms with Crippen molar-refractivity contribution < 1.29 is 4.92 Å². The largest absolute Gasteiger partial charge is 0.385 e. The van der Waals surface area contributed by atoms with E-state index in [-0.39, 0.29) is 10.6 Å². The minimum Gasteiger partial charge on any atom is -0.385 e. The summed E-state index contributed by atoms with van der Waals surface area (Å²) >= 11 is 0. The molecule has 0 saturated carbocycles. The Morgan fingerprint density at radius 3 is 2.80 bits per heavy atom. The molecule has 0 bridgehead atoms. The maximum Gasteiger partial charge on any atom is 0.271 e. The Labute approximate surface area is 117 Å². The van der Waals surface area contributed by atoms with Crippen molar-refractivity contribution in [2.75, 3.05) is 11.9 Å². The highest BCUT2D eigenvalue weighted by Gasteiger charge is 2.07. The minimum absolute atomic E-state index is 0.123. The quantitative estimate of drug-likeness (QED) is 0.482. The van der Waals surface area contributed by atoms with E-state index in [2.05, 4.69) is 15.5 Å². The van der Waals surface area contributed by atoms with Crippen LogP contribution in [-0.2, 0) is 6.42 Å². The lowest BCUT2D eigenvalue weighted by Crippen LogP contribution is -2.04. The molecule has 0 radical (unpaired) electrons. The van der Waals surface area contributed by atoms with Gasteiger partial charge in [0.2, 0.25) is 0 Å². The van der Waals surface area contributed by atoms with E-state index >= 15 is 0 Å². The second kappa shape index (κ2) is 6.18. The molecule has 0 unspecified atom stereocenters. The van der Waals surface area contributed by atoms with E-state index in [1.54, 1.807) is 12.1 Å². The molecule has 6 heteroatoms. The van der Waals surface area contributed by atoms with Crippen LogP contribution in [-0.4, -0.2) is 21.7 Å². The number of benzene rings is 1. The number of H-pyrrole nitrogens is 1. The van der Waals surface area contributed by atoms with Crippen LogP contribution < -0.4 is 5.32 Å². The van der Waals surface area contributed by atoms with Crippen LogP contribution in [0, 0.1) is 24.0 Å². The third-order valence-electron chi connectivity index (χ3n) is 3.16. The third-order valence-corrected chi connectivity index (χ3v) is 3.16. The highest BCUT2D eigenvalue weighted by Crippen LogP contribution is 2.20. The molecule has 0 saturated heterocycles. The van der Waals surface area contributed by atoms with E-state index in [0.717, 1.165) is 36.3 Å². The average Bonchev–Trinajstić information content (AvgIpc) is 2.80. The van der Waals surface area contributed by atoms with Gasteiger partial charge in [-0.25, -0.2) is 0 Å². The van der Waals surface area contributed by atoms with Gasteiger partial charge >= 0.3 is 0 Å². The summed E-state index contributed by atoms with van der Waals surface area (Å²) in [5.41, 5.74) is 4.10. The van der Waals surface area contributed by atoms with E-state index < -0.39 is 0 Å². The summed E-state index contributed by atoms with van der Waals surface area (Å²) in [6.45, 7) is 4.62. The first-order valence-electron chi connectivity index (χ1n) is 6.55. The van der Waals surface area contributed by atoms with Gasteiger partial charge in [-0.3, -0.25) is 15.2 Å². The number of aryl methyl sites for hydroxylation is 3. The minimum atomic E-state index is -0.368. The number of nitrogens with zero attached hydrogens (tertiary/aromatic N) is 2. The number of rotatable bonds is 6. The SMILES string of the molecule is Cc1cc(NCCCc2cn[nH]c2C)cc([N+](=O)[O-])c1. The normalized spacial score (nSPS) is 10.5. The second-order valence-electron chi connectivity index (χ2n) is 4.86. The number of nitrogens with one attached hydrogen (secondary N) is 2. The molecule has 2 aromatic rings. The Balaban J connectivity index is 1.88. The van der Waals surface area contributed by atoms with Gasteiger partial charge in [-0.15, -0.1) is 0 Å². The lowest BCUT2D eigenvalue weighted by Gasteiger charge is -2.07. The average molecular weight is 274 g/mol. The molecule has 2 N–H and O–H groups in total. The summed E-state index contributed by atoms with van der Waals surface area (Å²) in [6, 6.07) is 5.05. The van der Waals surface area contributed by atoms with Gasteiger partial charge in [0.1, 0.15) is 0 Å². The predicted molar refractivity (Wildman–Crippen MR) is 78.0 cm³/mol. The molecule has 106 valence electrons. The third kappa shape index (κ3) is 3.57. The van der Waals surface area contributed by atoms with Gasteiger partial charge in [-0.1, -0.05) is 0 Å². The maximum atomic E-state index is 10.8. The highest BCUT2D eigenvalue weighted by molar-refractivity contribution is 5.53. The molecule has 0 aliphatic carbocycles. The van der Waals surface area contributed by atoms with Crippen LogP contribution in [0.15, 0.2) is 24.4 Å². The van der Waals surface area contributed by atoms with E-state index in [0.29, 0.717) is 0 Å². The number of aromatic nitrogens is 2. The maximum absolute atomic E-state index is 10.8. The van der Waals surface area contributed by atoms with Crippen LogP contribution in [0.2, 0.25) is 0 Å². The molecule has 0 fully saturated rings. The highest BCUT2D eigenvalue weighted by atomic mass is 16.6. The number of nitro groups is 1. The van der Waals surface area contributed by atoms with Crippen molar-refractivity contribution in [1.29, 1.82) is 0 Å². The standard InChI is InChI=1S/C14H18N4O2/c1-10-6-13(8-14(7-10)18(19)20)15-5-3-4-12-9-16-17-11(12)2/h6-9,15H,3-5H2,1-2H3,(H,16,17). The van der Waals surface area contributed by atoms with Crippen molar-refractivity contribution >= 4 is 11.4 Å². The van der Waals surface area contributed by atoms with Crippen LogP contribution in [0.1, 0.15) is 23.2 Å². The first-order chi connectivity index (χ1) is 9.56. The van der Waals surface area contributed by atoms with Gasteiger partial charge in [0.05, 0.1) is 11.1 Å². The van der Waals surface area contributed by atoms with E-state index in [9.17, 15) is 10.1 Å². The lowest BCUT2D eigenvalue weighted by molar-refractivity contribution is -0.384. The van der Waals surface area contributed by atoms with Crippen LogP contribution in [0.3, 0.4) is 0 Å². The van der Waals surface area contributed by atoms with Crippen molar-refractivity contribution in [3.63, 3.8) is 0 Å². The van der Waals surface area contributed by atoms with Crippen molar-refractivity contribution in [2.45, 2.75) is 26.7 Å². The molecule has 0 spiro atoms. The Bertz CT molecular complexity index is 607. The van der Waals surface area contributed by atoms with Crippen LogP contribution in [0.5, 0.6) is 0 Å². The topological polar surface area (TPSA) is 83.8 Å². The Hall–Kier alpha value is -2.37. The Morgan fingerprint density at radius 2 is 2.15 bits per heavy atom. The summed E-state index contributed by atoms with van der Waals surface area (Å²) in [5, 5.41) is 20.9. The zero-order chi connectivity index (χ0) is 14.5. The monoisotopic (exact) mass is 274 g/mol.